The quantitative estimate of drug-likeness (QED) is 0.767. The standard InChI is InChI=1S/C11H9BrF4O/c12-8-1-2-10(13)7(5-8)6-9(17)3-4-11(14,15)16/h1-2,5H,3-4,6H2. The van der Waals surface area contributed by atoms with Crippen molar-refractivity contribution in [3.8, 4) is 0 Å². The second-order valence-corrected chi connectivity index (χ2v) is 4.48. The Morgan fingerprint density at radius 2 is 1.94 bits per heavy atom. The highest BCUT2D eigenvalue weighted by molar-refractivity contribution is 9.10. The minimum absolute atomic E-state index is 0.103. The smallest absolute Gasteiger partial charge is 0.299 e. The highest BCUT2D eigenvalue weighted by Gasteiger charge is 2.27. The molecule has 0 aromatic heterocycles. The molecule has 0 aliphatic carbocycles. The van der Waals surface area contributed by atoms with Crippen LogP contribution in [0.25, 0.3) is 0 Å². The van der Waals surface area contributed by atoms with Crippen LogP contribution in [0.2, 0.25) is 0 Å². The number of rotatable bonds is 4. The molecule has 0 unspecified atom stereocenters. The van der Waals surface area contributed by atoms with Crippen molar-refractivity contribution in [1.82, 2.24) is 0 Å². The lowest BCUT2D eigenvalue weighted by Gasteiger charge is -2.06. The van der Waals surface area contributed by atoms with Gasteiger partial charge in [0.2, 0.25) is 0 Å². The van der Waals surface area contributed by atoms with Gasteiger partial charge in [0.05, 0.1) is 6.42 Å². The molecule has 1 aromatic carbocycles. The maximum atomic E-state index is 13.2. The van der Waals surface area contributed by atoms with Crippen LogP contribution in [0.15, 0.2) is 22.7 Å². The van der Waals surface area contributed by atoms with Crippen molar-refractivity contribution in [1.29, 1.82) is 0 Å². The fourth-order valence-electron chi connectivity index (χ4n) is 1.26. The molecule has 0 aliphatic heterocycles. The molecule has 1 nitrogen and oxygen atoms in total. The van der Waals surface area contributed by atoms with E-state index in [1.807, 2.05) is 0 Å². The third kappa shape index (κ3) is 5.30. The molecule has 94 valence electrons. The lowest BCUT2D eigenvalue weighted by atomic mass is 10.1. The molecule has 0 bridgehead atoms. The van der Waals surface area contributed by atoms with Gasteiger partial charge in [-0.2, -0.15) is 13.2 Å². The summed E-state index contributed by atoms with van der Waals surface area (Å²) in [5.74, 6) is -1.21. The molecular weight excluding hydrogens is 304 g/mol. The number of carbonyl (C=O) groups is 1. The molecule has 0 saturated heterocycles. The fraction of sp³-hybridized carbons (Fsp3) is 0.364. The van der Waals surface area contributed by atoms with Gasteiger partial charge in [0.15, 0.2) is 0 Å². The third-order valence-electron chi connectivity index (χ3n) is 2.08. The van der Waals surface area contributed by atoms with Crippen molar-refractivity contribution in [3.63, 3.8) is 0 Å². The molecule has 1 aromatic rings. The molecule has 0 N–H and O–H groups in total. The number of ketones is 1. The summed E-state index contributed by atoms with van der Waals surface area (Å²) in [5.41, 5.74) is 0.103. The number of halogens is 5. The SMILES string of the molecule is O=C(CCC(F)(F)F)Cc1cc(Br)ccc1F. The lowest BCUT2D eigenvalue weighted by molar-refractivity contribution is -0.143. The maximum Gasteiger partial charge on any atom is 0.389 e. The van der Waals surface area contributed by atoms with Gasteiger partial charge in [0.25, 0.3) is 0 Å². The van der Waals surface area contributed by atoms with Crippen LogP contribution in [0.1, 0.15) is 18.4 Å². The van der Waals surface area contributed by atoms with Gasteiger partial charge in [-0.15, -0.1) is 0 Å². The van der Waals surface area contributed by atoms with Crippen LogP contribution in [-0.4, -0.2) is 12.0 Å². The summed E-state index contributed by atoms with van der Waals surface area (Å²) < 4.78 is 49.4. The predicted molar refractivity (Wildman–Crippen MR) is 58.1 cm³/mol. The van der Waals surface area contributed by atoms with Crippen molar-refractivity contribution >= 4 is 21.7 Å². The Bertz CT molecular complexity index is 414. The molecule has 0 amide bonds. The average Bonchev–Trinajstić information content (AvgIpc) is 2.20. The highest BCUT2D eigenvalue weighted by Crippen LogP contribution is 2.22. The summed E-state index contributed by atoms with van der Waals surface area (Å²) in [5, 5.41) is 0. The molecule has 0 aliphatic rings. The van der Waals surface area contributed by atoms with Crippen molar-refractivity contribution in [2.75, 3.05) is 0 Å². The molecule has 6 heteroatoms. The van der Waals surface area contributed by atoms with Crippen molar-refractivity contribution < 1.29 is 22.4 Å². The van der Waals surface area contributed by atoms with Crippen LogP contribution in [0, 0.1) is 5.82 Å². The highest BCUT2D eigenvalue weighted by atomic mass is 79.9. The maximum absolute atomic E-state index is 13.2. The molecule has 0 heterocycles. The van der Waals surface area contributed by atoms with E-state index in [-0.39, 0.29) is 12.0 Å². The van der Waals surface area contributed by atoms with E-state index < -0.39 is 30.6 Å². The van der Waals surface area contributed by atoms with Gasteiger partial charge in [-0.05, 0) is 23.8 Å². The van der Waals surface area contributed by atoms with Crippen LogP contribution in [0.4, 0.5) is 17.6 Å². The summed E-state index contributed by atoms with van der Waals surface area (Å²) in [7, 11) is 0. The summed E-state index contributed by atoms with van der Waals surface area (Å²) in [6.07, 6.45) is -6.45. The summed E-state index contributed by atoms with van der Waals surface area (Å²) >= 11 is 3.10. The minimum Gasteiger partial charge on any atom is -0.299 e. The normalized spacial score (nSPS) is 11.6. The summed E-state index contributed by atoms with van der Waals surface area (Å²) in [4.78, 5) is 11.2. The first-order chi connectivity index (χ1) is 7.78. The van der Waals surface area contributed by atoms with Crippen LogP contribution >= 0.6 is 15.9 Å². The van der Waals surface area contributed by atoms with Gasteiger partial charge in [0, 0.05) is 17.3 Å². The van der Waals surface area contributed by atoms with E-state index in [2.05, 4.69) is 15.9 Å². The molecule has 0 spiro atoms. The molecule has 1 rings (SSSR count). The first-order valence-electron chi connectivity index (χ1n) is 4.80. The van der Waals surface area contributed by atoms with Gasteiger partial charge >= 0.3 is 6.18 Å². The monoisotopic (exact) mass is 312 g/mol. The Morgan fingerprint density at radius 3 is 2.53 bits per heavy atom. The molecule has 17 heavy (non-hydrogen) atoms. The number of carbonyl (C=O) groups excluding carboxylic acids is 1. The number of benzene rings is 1. The van der Waals surface area contributed by atoms with Gasteiger partial charge in [-0.25, -0.2) is 4.39 Å². The van der Waals surface area contributed by atoms with Crippen LogP contribution in [0.5, 0.6) is 0 Å². The molecular formula is C11H9BrF4O. The Labute approximate surface area is 104 Å². The number of hydrogen-bond acceptors (Lipinski definition) is 1. The van der Waals surface area contributed by atoms with Crippen LogP contribution in [0.3, 0.4) is 0 Å². The number of alkyl halides is 3. The van der Waals surface area contributed by atoms with E-state index in [1.165, 1.54) is 12.1 Å². The second-order valence-electron chi connectivity index (χ2n) is 3.57. The van der Waals surface area contributed by atoms with Crippen LogP contribution < -0.4 is 0 Å². The average molecular weight is 313 g/mol. The zero-order valence-electron chi connectivity index (χ0n) is 8.65. The Kier molecular flexibility index (Phi) is 4.68. The number of hydrogen-bond donors (Lipinski definition) is 0. The van der Waals surface area contributed by atoms with E-state index >= 15 is 0 Å². The van der Waals surface area contributed by atoms with E-state index in [0.29, 0.717) is 4.47 Å². The fourth-order valence-corrected chi connectivity index (χ4v) is 1.67. The summed E-state index contributed by atoms with van der Waals surface area (Å²) in [6.45, 7) is 0. The van der Waals surface area contributed by atoms with E-state index in [4.69, 9.17) is 0 Å². The largest absolute Gasteiger partial charge is 0.389 e. The first kappa shape index (κ1) is 14.2. The van der Waals surface area contributed by atoms with E-state index in [1.54, 1.807) is 0 Å². The van der Waals surface area contributed by atoms with E-state index in [0.717, 1.165) is 6.07 Å². The summed E-state index contributed by atoms with van der Waals surface area (Å²) in [6, 6.07) is 4.01. The minimum atomic E-state index is -4.36. The first-order valence-corrected chi connectivity index (χ1v) is 5.59. The molecule has 0 radical (unpaired) electrons. The Hall–Kier alpha value is -0.910. The van der Waals surface area contributed by atoms with Gasteiger partial charge in [0.1, 0.15) is 11.6 Å². The van der Waals surface area contributed by atoms with E-state index in [9.17, 15) is 22.4 Å². The lowest BCUT2D eigenvalue weighted by Crippen LogP contribution is -2.12. The second kappa shape index (κ2) is 5.62. The Morgan fingerprint density at radius 1 is 1.29 bits per heavy atom. The van der Waals surface area contributed by atoms with Crippen molar-refractivity contribution in [3.05, 3.63) is 34.1 Å². The Balaban J connectivity index is 2.59. The molecule has 0 saturated carbocycles. The predicted octanol–water partition coefficient (Wildman–Crippen LogP) is 4.04. The van der Waals surface area contributed by atoms with Gasteiger partial charge in [-0.3, -0.25) is 4.79 Å². The zero-order valence-corrected chi connectivity index (χ0v) is 10.2. The topological polar surface area (TPSA) is 17.1 Å². The van der Waals surface area contributed by atoms with Gasteiger partial charge < -0.3 is 0 Å². The van der Waals surface area contributed by atoms with Crippen molar-refractivity contribution in [2.45, 2.75) is 25.4 Å². The number of Topliss-reactive ketones (excluding diaryl/α,β-unsaturated/α-hetero) is 1. The molecule has 0 fully saturated rings. The zero-order chi connectivity index (χ0) is 13.1. The molecule has 0 atom stereocenters. The third-order valence-corrected chi connectivity index (χ3v) is 2.58. The van der Waals surface area contributed by atoms with Crippen molar-refractivity contribution in [2.24, 2.45) is 0 Å². The van der Waals surface area contributed by atoms with Crippen LogP contribution in [-0.2, 0) is 11.2 Å². The van der Waals surface area contributed by atoms with Gasteiger partial charge in [-0.1, -0.05) is 15.9 Å².